The lowest BCUT2D eigenvalue weighted by Gasteiger charge is -2.28. The van der Waals surface area contributed by atoms with Crippen LogP contribution in [0.4, 0.5) is 10.5 Å². The lowest BCUT2D eigenvalue weighted by Crippen LogP contribution is -2.46. The number of nitro benzene ring substituents is 1. The van der Waals surface area contributed by atoms with Gasteiger partial charge in [-0.1, -0.05) is 0 Å². The zero-order chi connectivity index (χ0) is 23.3. The monoisotopic (exact) mass is 460 g/mol. The van der Waals surface area contributed by atoms with E-state index >= 15 is 0 Å². The van der Waals surface area contributed by atoms with E-state index in [0.717, 1.165) is 0 Å². The zero-order valence-electron chi connectivity index (χ0n) is 18.7. The van der Waals surface area contributed by atoms with Gasteiger partial charge in [0.2, 0.25) is 0 Å². The summed E-state index contributed by atoms with van der Waals surface area (Å²) in [5.41, 5.74) is -0.0420. The molecule has 0 unspecified atom stereocenters. The molecule has 1 N–H and O–H groups in total. The van der Waals surface area contributed by atoms with Gasteiger partial charge in [-0.25, -0.2) is 4.79 Å². The Morgan fingerprint density at radius 3 is 2.06 bits per heavy atom. The fourth-order valence-electron chi connectivity index (χ4n) is 2.89. The van der Waals surface area contributed by atoms with Crippen LogP contribution in [0.25, 0.3) is 0 Å². The summed E-state index contributed by atoms with van der Waals surface area (Å²) in [6.07, 6.45) is -0.127. The average molecular weight is 461 g/mol. The van der Waals surface area contributed by atoms with Crippen molar-refractivity contribution in [3.05, 3.63) is 27.8 Å². The van der Waals surface area contributed by atoms with Crippen LogP contribution in [-0.4, -0.2) is 60.4 Å². The van der Waals surface area contributed by atoms with Gasteiger partial charge in [0, 0.05) is 32.4 Å². The lowest BCUT2D eigenvalue weighted by molar-refractivity contribution is -0.385. The summed E-state index contributed by atoms with van der Waals surface area (Å²) in [4.78, 5) is 22.8. The molecule has 0 atom stereocenters. The molecule has 0 aliphatic heterocycles. The van der Waals surface area contributed by atoms with Crippen LogP contribution in [0.15, 0.2) is 12.1 Å². The van der Waals surface area contributed by atoms with E-state index in [4.69, 9.17) is 27.5 Å². The van der Waals surface area contributed by atoms with Crippen LogP contribution in [0.1, 0.15) is 32.8 Å². The van der Waals surface area contributed by atoms with E-state index in [1.54, 1.807) is 0 Å². The maximum absolute atomic E-state index is 12.0. The first-order valence-corrected chi connectivity index (χ1v) is 12.0. The molecular formula is C19H32N2O9Si. The summed E-state index contributed by atoms with van der Waals surface area (Å²) in [5.74, 6) is 0.518. The minimum atomic E-state index is -2.77. The first-order chi connectivity index (χ1) is 14.9. The van der Waals surface area contributed by atoms with Crippen LogP contribution in [0.5, 0.6) is 11.5 Å². The highest BCUT2D eigenvalue weighted by molar-refractivity contribution is 6.60. The Kier molecular flexibility index (Phi) is 11.9. The third-order valence-electron chi connectivity index (χ3n) is 4.16. The molecule has 0 bridgehead atoms. The van der Waals surface area contributed by atoms with Crippen LogP contribution in [0.3, 0.4) is 0 Å². The second-order valence-corrected chi connectivity index (χ2v) is 8.91. The lowest BCUT2D eigenvalue weighted by atomic mass is 10.1. The number of hydrogen-bond acceptors (Lipinski definition) is 9. The standard InChI is InChI=1S/C19H32N2O9Si/c1-6-28-31(29-7-2,30-8-3)11-9-10-20-19(22)27-14-15-12-17(25-4)18(26-5)13-16(15)21(23)24/h12-13H,6-11,14H2,1-5H3,(H,20,22). The molecule has 0 fully saturated rings. The molecule has 176 valence electrons. The van der Waals surface area contributed by atoms with Crippen molar-refractivity contribution in [2.75, 3.05) is 40.6 Å². The number of benzene rings is 1. The summed E-state index contributed by atoms with van der Waals surface area (Å²) >= 11 is 0. The quantitative estimate of drug-likeness (QED) is 0.181. The van der Waals surface area contributed by atoms with Gasteiger partial charge in [0.25, 0.3) is 5.69 Å². The molecule has 0 aliphatic carbocycles. The second-order valence-electron chi connectivity index (χ2n) is 6.18. The van der Waals surface area contributed by atoms with Crippen molar-refractivity contribution in [3.63, 3.8) is 0 Å². The Balaban J connectivity index is 2.63. The molecule has 12 heteroatoms. The number of hydrogen-bond donors (Lipinski definition) is 1. The summed E-state index contributed by atoms with van der Waals surface area (Å²) in [6.45, 7) is 7.09. The van der Waals surface area contributed by atoms with Gasteiger partial charge in [0.1, 0.15) is 6.61 Å². The predicted octanol–water partition coefficient (Wildman–Crippen LogP) is 3.28. The largest absolute Gasteiger partial charge is 0.500 e. The van der Waals surface area contributed by atoms with Crippen molar-refractivity contribution < 1.29 is 37.2 Å². The van der Waals surface area contributed by atoms with E-state index in [-0.39, 0.29) is 23.6 Å². The van der Waals surface area contributed by atoms with Crippen molar-refractivity contribution in [1.82, 2.24) is 5.32 Å². The molecule has 31 heavy (non-hydrogen) atoms. The van der Waals surface area contributed by atoms with Gasteiger partial charge < -0.3 is 32.8 Å². The highest BCUT2D eigenvalue weighted by atomic mass is 28.4. The molecule has 0 aromatic heterocycles. The molecular weight excluding hydrogens is 428 g/mol. The Morgan fingerprint density at radius 1 is 1.03 bits per heavy atom. The topological polar surface area (TPSA) is 128 Å². The van der Waals surface area contributed by atoms with E-state index in [9.17, 15) is 14.9 Å². The van der Waals surface area contributed by atoms with E-state index in [1.807, 2.05) is 20.8 Å². The van der Waals surface area contributed by atoms with Crippen molar-refractivity contribution in [1.29, 1.82) is 0 Å². The predicted molar refractivity (Wildman–Crippen MR) is 114 cm³/mol. The number of rotatable bonds is 15. The molecule has 0 aliphatic rings. The average Bonchev–Trinajstić information content (AvgIpc) is 2.75. The van der Waals surface area contributed by atoms with Gasteiger partial charge in [-0.05, 0) is 33.3 Å². The highest BCUT2D eigenvalue weighted by Gasteiger charge is 2.39. The normalized spacial score (nSPS) is 11.1. The summed E-state index contributed by atoms with van der Waals surface area (Å²) in [7, 11) is 0.0230. The van der Waals surface area contributed by atoms with E-state index in [0.29, 0.717) is 44.6 Å². The first kappa shape index (κ1) is 26.6. The molecule has 1 amide bonds. The fourth-order valence-corrected chi connectivity index (χ4v) is 5.50. The Labute approximate surface area is 183 Å². The molecule has 0 radical (unpaired) electrons. The van der Waals surface area contributed by atoms with Crippen molar-refractivity contribution in [2.24, 2.45) is 0 Å². The Bertz CT molecular complexity index is 701. The van der Waals surface area contributed by atoms with Gasteiger partial charge in [-0.3, -0.25) is 10.1 Å². The highest BCUT2D eigenvalue weighted by Crippen LogP contribution is 2.34. The van der Waals surface area contributed by atoms with Gasteiger partial charge in [-0.2, -0.15) is 0 Å². The third-order valence-corrected chi connectivity index (χ3v) is 7.31. The Morgan fingerprint density at radius 2 is 1.58 bits per heavy atom. The van der Waals surface area contributed by atoms with Crippen LogP contribution in [-0.2, 0) is 24.6 Å². The van der Waals surface area contributed by atoms with Crippen LogP contribution >= 0.6 is 0 Å². The summed E-state index contributed by atoms with van der Waals surface area (Å²) < 4.78 is 32.7. The SMILES string of the molecule is CCO[Si](CCCNC(=O)OCc1cc(OC)c(OC)cc1[N+](=O)[O-])(OCC)OCC. The maximum Gasteiger partial charge on any atom is 0.500 e. The minimum absolute atomic E-state index is 0.188. The molecule has 11 nitrogen and oxygen atoms in total. The van der Waals surface area contributed by atoms with Gasteiger partial charge >= 0.3 is 14.9 Å². The molecule has 1 rings (SSSR count). The first-order valence-electron chi connectivity index (χ1n) is 10.1. The van der Waals surface area contributed by atoms with Gasteiger partial charge in [0.05, 0.1) is 30.8 Å². The fraction of sp³-hybridized carbons (Fsp3) is 0.632. The number of alkyl carbamates (subject to hydrolysis) is 1. The van der Waals surface area contributed by atoms with Crippen molar-refractivity contribution in [3.8, 4) is 11.5 Å². The number of carbonyl (C=O) groups is 1. The van der Waals surface area contributed by atoms with Gasteiger partial charge in [-0.15, -0.1) is 0 Å². The molecule has 0 saturated heterocycles. The number of nitro groups is 1. The van der Waals surface area contributed by atoms with Gasteiger partial charge in [0.15, 0.2) is 11.5 Å². The van der Waals surface area contributed by atoms with Crippen molar-refractivity contribution in [2.45, 2.75) is 39.8 Å². The number of ether oxygens (including phenoxy) is 3. The van der Waals surface area contributed by atoms with Crippen LogP contribution in [0, 0.1) is 10.1 Å². The number of carbonyl (C=O) groups excluding carboxylic acids is 1. The summed E-state index contributed by atoms with van der Waals surface area (Å²) in [6, 6.07) is 3.19. The van der Waals surface area contributed by atoms with Crippen molar-refractivity contribution >= 4 is 20.6 Å². The third kappa shape index (κ3) is 8.32. The van der Waals surface area contributed by atoms with Crippen LogP contribution < -0.4 is 14.8 Å². The Hall–Kier alpha value is -2.41. The molecule has 0 heterocycles. The smallest absolute Gasteiger partial charge is 0.493 e. The molecule has 1 aromatic rings. The minimum Gasteiger partial charge on any atom is -0.493 e. The number of amides is 1. The van der Waals surface area contributed by atoms with E-state index in [1.165, 1.54) is 26.4 Å². The van der Waals surface area contributed by atoms with E-state index in [2.05, 4.69) is 5.32 Å². The van der Waals surface area contributed by atoms with E-state index < -0.39 is 19.8 Å². The van der Waals surface area contributed by atoms with Crippen LogP contribution in [0.2, 0.25) is 6.04 Å². The number of nitrogens with zero attached hydrogens (tertiary/aromatic N) is 1. The zero-order valence-corrected chi connectivity index (χ0v) is 19.7. The maximum atomic E-state index is 12.0. The molecule has 0 saturated carbocycles. The molecule has 1 aromatic carbocycles. The number of methoxy groups -OCH3 is 2. The molecule has 0 spiro atoms. The second kappa shape index (κ2) is 13.8. The summed E-state index contributed by atoms with van der Waals surface area (Å²) in [5, 5.41) is 13.9. The number of nitrogens with one attached hydrogen (secondary N) is 1.